The second kappa shape index (κ2) is 8.03. The van der Waals surface area contributed by atoms with Crippen LogP contribution in [-0.4, -0.2) is 25.8 Å². The maximum atomic E-state index is 13.8. The number of amides is 1. The largest absolute Gasteiger partial charge is 0.334 e. The Morgan fingerprint density at radius 2 is 1.97 bits per heavy atom. The van der Waals surface area contributed by atoms with Crippen molar-refractivity contribution in [3.63, 3.8) is 0 Å². The summed E-state index contributed by atoms with van der Waals surface area (Å²) in [6, 6.07) is 9.98. The number of hydrogen-bond acceptors (Lipinski definition) is 5. The number of carbonyl (C=O) groups excluding carboxylic acids is 1. The molecule has 10 heteroatoms. The van der Waals surface area contributed by atoms with Gasteiger partial charge in [0.15, 0.2) is 11.6 Å². The quantitative estimate of drug-likeness (QED) is 0.505. The molecule has 0 bridgehead atoms. The number of anilines is 1. The van der Waals surface area contributed by atoms with Crippen LogP contribution in [0.15, 0.2) is 53.2 Å². The van der Waals surface area contributed by atoms with Crippen LogP contribution in [0.5, 0.6) is 0 Å². The number of nitrogens with one attached hydrogen (secondary N) is 1. The van der Waals surface area contributed by atoms with Crippen LogP contribution in [0.4, 0.5) is 14.6 Å². The summed E-state index contributed by atoms with van der Waals surface area (Å²) in [6.07, 6.45) is 1.60. The average molecular weight is 430 g/mol. The Hall–Kier alpha value is -3.59. The highest BCUT2D eigenvalue weighted by atomic mass is 35.5. The second-order valence-corrected chi connectivity index (χ2v) is 6.81. The van der Waals surface area contributed by atoms with Gasteiger partial charge in [-0.3, -0.25) is 9.48 Å². The van der Waals surface area contributed by atoms with E-state index in [1.54, 1.807) is 31.3 Å². The van der Waals surface area contributed by atoms with Gasteiger partial charge in [-0.05, 0) is 42.8 Å². The molecule has 2 aromatic heterocycles. The average Bonchev–Trinajstić information content (AvgIpc) is 3.32. The van der Waals surface area contributed by atoms with E-state index in [4.69, 9.17) is 16.1 Å². The molecule has 4 aromatic rings. The van der Waals surface area contributed by atoms with Gasteiger partial charge in [0.2, 0.25) is 0 Å². The highest BCUT2D eigenvalue weighted by Crippen LogP contribution is 2.25. The van der Waals surface area contributed by atoms with E-state index in [2.05, 4.69) is 20.6 Å². The minimum absolute atomic E-state index is 0.141. The molecule has 2 aromatic carbocycles. The van der Waals surface area contributed by atoms with Crippen LogP contribution in [-0.2, 0) is 6.54 Å². The first-order valence-electron chi connectivity index (χ1n) is 8.78. The smallest absolute Gasteiger partial charge is 0.262 e. The number of nitrogens with zero attached hydrogens (tertiary/aromatic N) is 4. The number of benzene rings is 2. The summed E-state index contributed by atoms with van der Waals surface area (Å²) in [5.41, 5.74) is 0.759. The normalized spacial score (nSPS) is 10.9. The highest BCUT2D eigenvalue weighted by Gasteiger charge is 2.18. The minimum atomic E-state index is -0.952. The maximum absolute atomic E-state index is 13.8. The lowest BCUT2D eigenvalue weighted by Crippen LogP contribution is -2.16. The van der Waals surface area contributed by atoms with Gasteiger partial charge in [-0.25, -0.2) is 8.78 Å². The standard InChI is InChI=1S/C20H14ClF2N5O2/c1-11-24-20(30-27-11)12-5-6-14(21)13(9-12)10-28-8-7-17(26-28)25-19(29)18-15(22)3-2-4-16(18)23/h2-9H,10H2,1H3,(H,25,26,29). The number of aryl methyl sites for hydroxylation is 1. The fourth-order valence-electron chi connectivity index (χ4n) is 2.83. The Balaban J connectivity index is 1.52. The molecule has 0 aliphatic rings. The van der Waals surface area contributed by atoms with E-state index in [-0.39, 0.29) is 12.4 Å². The summed E-state index contributed by atoms with van der Waals surface area (Å²) >= 11 is 6.28. The molecule has 7 nitrogen and oxygen atoms in total. The van der Waals surface area contributed by atoms with Gasteiger partial charge in [0, 0.05) is 22.8 Å². The summed E-state index contributed by atoms with van der Waals surface area (Å²) in [5.74, 6) is -1.81. The molecule has 0 saturated heterocycles. The fraction of sp³-hybridized carbons (Fsp3) is 0.100. The molecule has 1 amide bonds. The number of halogens is 3. The van der Waals surface area contributed by atoms with E-state index in [1.165, 1.54) is 16.8 Å². The zero-order valence-electron chi connectivity index (χ0n) is 15.6. The van der Waals surface area contributed by atoms with E-state index < -0.39 is 23.1 Å². The van der Waals surface area contributed by atoms with Crippen LogP contribution in [0.3, 0.4) is 0 Å². The molecule has 0 saturated carbocycles. The van der Waals surface area contributed by atoms with Crippen molar-refractivity contribution in [1.82, 2.24) is 19.9 Å². The molecule has 0 atom stereocenters. The molecule has 1 N–H and O–H groups in total. The fourth-order valence-corrected chi connectivity index (χ4v) is 3.01. The highest BCUT2D eigenvalue weighted by molar-refractivity contribution is 6.31. The van der Waals surface area contributed by atoms with Gasteiger partial charge >= 0.3 is 0 Å². The predicted molar refractivity (Wildman–Crippen MR) is 105 cm³/mol. The molecule has 0 aliphatic heterocycles. The van der Waals surface area contributed by atoms with Gasteiger partial charge in [0.25, 0.3) is 11.8 Å². The monoisotopic (exact) mass is 429 g/mol. The van der Waals surface area contributed by atoms with Crippen LogP contribution in [0.1, 0.15) is 21.7 Å². The van der Waals surface area contributed by atoms with Crippen LogP contribution >= 0.6 is 11.6 Å². The number of carbonyl (C=O) groups is 1. The number of rotatable bonds is 5. The van der Waals surface area contributed by atoms with Crippen molar-refractivity contribution in [3.05, 3.63) is 82.3 Å². The van der Waals surface area contributed by atoms with Gasteiger partial charge in [-0.2, -0.15) is 10.1 Å². The molecule has 0 spiro atoms. The van der Waals surface area contributed by atoms with E-state index in [0.29, 0.717) is 22.3 Å². The lowest BCUT2D eigenvalue weighted by molar-refractivity contribution is 0.101. The molecule has 0 fully saturated rings. The van der Waals surface area contributed by atoms with E-state index in [9.17, 15) is 13.6 Å². The van der Waals surface area contributed by atoms with E-state index in [0.717, 1.165) is 17.7 Å². The molecule has 0 unspecified atom stereocenters. The second-order valence-electron chi connectivity index (χ2n) is 6.40. The van der Waals surface area contributed by atoms with Gasteiger partial charge in [0.05, 0.1) is 6.54 Å². The summed E-state index contributed by atoms with van der Waals surface area (Å²) in [4.78, 5) is 16.4. The van der Waals surface area contributed by atoms with E-state index >= 15 is 0 Å². The lowest BCUT2D eigenvalue weighted by atomic mass is 10.1. The first-order chi connectivity index (χ1) is 14.4. The SMILES string of the molecule is Cc1noc(-c2ccc(Cl)c(Cn3ccc(NC(=O)c4c(F)cccc4F)n3)c2)n1. The first kappa shape index (κ1) is 19.7. The Labute approximate surface area is 174 Å². The molecular formula is C20H14ClF2N5O2. The Morgan fingerprint density at radius 3 is 2.67 bits per heavy atom. The van der Waals surface area contributed by atoms with Crippen molar-refractivity contribution >= 4 is 23.3 Å². The third-order valence-electron chi connectivity index (χ3n) is 4.22. The van der Waals surface area contributed by atoms with Crippen molar-refractivity contribution in [2.24, 2.45) is 0 Å². The topological polar surface area (TPSA) is 85.8 Å². The van der Waals surface area contributed by atoms with Crippen LogP contribution in [0.25, 0.3) is 11.5 Å². The van der Waals surface area contributed by atoms with Crippen molar-refractivity contribution in [1.29, 1.82) is 0 Å². The van der Waals surface area contributed by atoms with Crippen molar-refractivity contribution < 1.29 is 18.1 Å². The van der Waals surface area contributed by atoms with Gasteiger partial charge in [0.1, 0.15) is 17.2 Å². The van der Waals surface area contributed by atoms with Gasteiger partial charge < -0.3 is 9.84 Å². The third kappa shape index (κ3) is 4.06. The molecule has 0 radical (unpaired) electrons. The number of hydrogen-bond donors (Lipinski definition) is 1. The third-order valence-corrected chi connectivity index (χ3v) is 4.59. The van der Waals surface area contributed by atoms with Crippen LogP contribution in [0.2, 0.25) is 5.02 Å². The summed E-state index contributed by atoms with van der Waals surface area (Å²) in [7, 11) is 0. The van der Waals surface area contributed by atoms with Gasteiger partial charge in [-0.15, -0.1) is 0 Å². The molecule has 152 valence electrons. The molecule has 2 heterocycles. The summed E-state index contributed by atoms with van der Waals surface area (Å²) in [5, 5.41) is 10.9. The van der Waals surface area contributed by atoms with Crippen molar-refractivity contribution in [2.75, 3.05) is 5.32 Å². The molecule has 0 aliphatic carbocycles. The zero-order valence-corrected chi connectivity index (χ0v) is 16.3. The first-order valence-corrected chi connectivity index (χ1v) is 9.16. The predicted octanol–water partition coefficient (Wildman–Crippen LogP) is 4.47. The minimum Gasteiger partial charge on any atom is -0.334 e. The zero-order chi connectivity index (χ0) is 21.3. The summed E-state index contributed by atoms with van der Waals surface area (Å²) < 4.78 is 34.2. The molecule has 4 rings (SSSR count). The van der Waals surface area contributed by atoms with Crippen LogP contribution in [0, 0.1) is 18.6 Å². The Bertz CT molecular complexity index is 1220. The molecular weight excluding hydrogens is 416 g/mol. The molecule has 30 heavy (non-hydrogen) atoms. The van der Waals surface area contributed by atoms with Crippen molar-refractivity contribution in [3.8, 4) is 11.5 Å². The Kier molecular flexibility index (Phi) is 5.28. The van der Waals surface area contributed by atoms with Crippen LogP contribution < -0.4 is 5.32 Å². The Morgan fingerprint density at radius 1 is 1.20 bits per heavy atom. The van der Waals surface area contributed by atoms with Gasteiger partial charge in [-0.1, -0.05) is 22.8 Å². The van der Waals surface area contributed by atoms with E-state index in [1.807, 2.05) is 0 Å². The number of aromatic nitrogens is 4. The summed E-state index contributed by atoms with van der Waals surface area (Å²) in [6.45, 7) is 2.00. The van der Waals surface area contributed by atoms with Crippen molar-refractivity contribution in [2.45, 2.75) is 13.5 Å². The lowest BCUT2D eigenvalue weighted by Gasteiger charge is -2.07. The maximum Gasteiger partial charge on any atom is 0.262 e.